The molecule has 140 valence electrons. The monoisotopic (exact) mass is 387 g/mol. The summed E-state index contributed by atoms with van der Waals surface area (Å²) in [6.07, 6.45) is 0.0562. The Balaban J connectivity index is 1.60. The predicted octanol–water partition coefficient (Wildman–Crippen LogP) is 2.16. The minimum atomic E-state index is -0.576. The first-order chi connectivity index (χ1) is 13.0. The van der Waals surface area contributed by atoms with Gasteiger partial charge in [0.1, 0.15) is 5.75 Å². The van der Waals surface area contributed by atoms with Gasteiger partial charge in [0.25, 0.3) is 5.91 Å². The van der Waals surface area contributed by atoms with E-state index in [1.54, 1.807) is 48.5 Å². The van der Waals surface area contributed by atoms with Gasteiger partial charge in [-0.1, -0.05) is 23.7 Å². The lowest BCUT2D eigenvalue weighted by molar-refractivity contribution is -0.126. The van der Waals surface area contributed by atoms with Gasteiger partial charge in [-0.2, -0.15) is 0 Å². The van der Waals surface area contributed by atoms with Crippen LogP contribution in [0.3, 0.4) is 0 Å². The first-order valence-electron chi connectivity index (χ1n) is 8.28. The highest BCUT2D eigenvalue weighted by Gasteiger charge is 2.36. The summed E-state index contributed by atoms with van der Waals surface area (Å²) >= 11 is 5.78. The van der Waals surface area contributed by atoms with Crippen molar-refractivity contribution in [3.8, 4) is 5.75 Å². The molecule has 1 fully saturated rings. The number of ether oxygens (including phenoxy) is 1. The lowest BCUT2D eigenvalue weighted by atomic mass is 10.1. The van der Waals surface area contributed by atoms with Gasteiger partial charge in [-0.3, -0.25) is 25.2 Å². The minimum absolute atomic E-state index is 0.0562. The molecule has 0 unspecified atom stereocenters. The number of hydrazine groups is 1. The summed E-state index contributed by atoms with van der Waals surface area (Å²) in [4.78, 5) is 38.3. The van der Waals surface area contributed by atoms with E-state index in [4.69, 9.17) is 16.3 Å². The molecule has 0 bridgehead atoms. The Morgan fingerprint density at radius 3 is 2.52 bits per heavy atom. The SMILES string of the molecule is COc1ccccc1N1C[C@@H](C(=O)NNC(=O)c2ccc(Cl)cc2)CC1=O. The van der Waals surface area contributed by atoms with Crippen LogP contribution in [-0.2, 0) is 9.59 Å². The molecule has 3 amide bonds. The van der Waals surface area contributed by atoms with Crippen LogP contribution in [-0.4, -0.2) is 31.4 Å². The number of amides is 3. The molecule has 0 aromatic heterocycles. The number of rotatable bonds is 4. The molecule has 8 heteroatoms. The number of hydrogen-bond donors (Lipinski definition) is 2. The van der Waals surface area contributed by atoms with E-state index in [9.17, 15) is 14.4 Å². The van der Waals surface area contributed by atoms with Gasteiger partial charge in [-0.15, -0.1) is 0 Å². The van der Waals surface area contributed by atoms with Gasteiger partial charge < -0.3 is 9.64 Å². The van der Waals surface area contributed by atoms with Crippen molar-refractivity contribution in [3.05, 3.63) is 59.1 Å². The third-order valence-corrected chi connectivity index (χ3v) is 4.53. The number of para-hydroxylation sites is 2. The van der Waals surface area contributed by atoms with Gasteiger partial charge in [-0.25, -0.2) is 0 Å². The molecule has 1 aliphatic heterocycles. The maximum atomic E-state index is 12.4. The van der Waals surface area contributed by atoms with Crippen molar-refractivity contribution in [2.45, 2.75) is 6.42 Å². The van der Waals surface area contributed by atoms with Crippen LogP contribution < -0.4 is 20.5 Å². The van der Waals surface area contributed by atoms with Gasteiger partial charge >= 0.3 is 0 Å². The zero-order chi connectivity index (χ0) is 19.4. The van der Waals surface area contributed by atoms with E-state index in [0.717, 1.165) is 0 Å². The van der Waals surface area contributed by atoms with E-state index >= 15 is 0 Å². The standard InChI is InChI=1S/C19H18ClN3O4/c1-27-16-5-3-2-4-15(16)23-11-13(10-17(23)24)19(26)22-21-18(25)12-6-8-14(20)9-7-12/h2-9,13H,10-11H2,1H3,(H,21,25)(H,22,26)/t13-/m0/s1. The Labute approximate surface area is 161 Å². The van der Waals surface area contributed by atoms with Crippen molar-refractivity contribution in [1.82, 2.24) is 10.9 Å². The smallest absolute Gasteiger partial charge is 0.269 e. The first-order valence-corrected chi connectivity index (χ1v) is 8.66. The second kappa shape index (κ2) is 8.09. The number of carbonyl (C=O) groups excluding carboxylic acids is 3. The first kappa shape index (κ1) is 18.7. The summed E-state index contributed by atoms with van der Waals surface area (Å²) in [5.41, 5.74) is 5.70. The lowest BCUT2D eigenvalue weighted by Crippen LogP contribution is -2.45. The molecule has 2 aromatic rings. The Morgan fingerprint density at radius 2 is 1.81 bits per heavy atom. The van der Waals surface area contributed by atoms with Crippen molar-refractivity contribution in [2.75, 3.05) is 18.6 Å². The number of hydrogen-bond acceptors (Lipinski definition) is 4. The highest BCUT2D eigenvalue weighted by molar-refractivity contribution is 6.30. The summed E-state index contributed by atoms with van der Waals surface area (Å²) in [5, 5.41) is 0.511. The topological polar surface area (TPSA) is 87.7 Å². The van der Waals surface area contributed by atoms with Gasteiger partial charge in [0.2, 0.25) is 11.8 Å². The Morgan fingerprint density at radius 1 is 1.11 bits per heavy atom. The molecule has 1 aliphatic rings. The van der Waals surface area contributed by atoms with E-state index in [1.165, 1.54) is 12.0 Å². The van der Waals surface area contributed by atoms with Gasteiger partial charge in [0, 0.05) is 23.6 Å². The molecular formula is C19H18ClN3O4. The molecule has 2 aromatic carbocycles. The number of nitrogens with one attached hydrogen (secondary N) is 2. The molecule has 2 N–H and O–H groups in total. The van der Waals surface area contributed by atoms with E-state index in [-0.39, 0.29) is 18.9 Å². The molecular weight excluding hydrogens is 370 g/mol. The van der Waals surface area contributed by atoms with Gasteiger partial charge in [-0.05, 0) is 36.4 Å². The number of carbonyl (C=O) groups is 3. The van der Waals surface area contributed by atoms with Crippen LogP contribution in [0.5, 0.6) is 5.75 Å². The zero-order valence-electron chi connectivity index (χ0n) is 14.6. The minimum Gasteiger partial charge on any atom is -0.495 e. The molecule has 0 radical (unpaired) electrons. The molecule has 0 aliphatic carbocycles. The van der Waals surface area contributed by atoms with Crippen LogP contribution in [0.1, 0.15) is 16.8 Å². The highest BCUT2D eigenvalue weighted by Crippen LogP contribution is 2.32. The normalized spacial score (nSPS) is 16.1. The van der Waals surface area contributed by atoms with Gasteiger partial charge in [0.15, 0.2) is 0 Å². The second-order valence-electron chi connectivity index (χ2n) is 6.03. The summed E-state index contributed by atoms with van der Waals surface area (Å²) in [5.74, 6) is -1.09. The maximum absolute atomic E-state index is 12.4. The average Bonchev–Trinajstić information content (AvgIpc) is 3.08. The molecule has 27 heavy (non-hydrogen) atoms. The second-order valence-corrected chi connectivity index (χ2v) is 6.46. The summed E-state index contributed by atoms with van der Waals surface area (Å²) in [6, 6.07) is 13.4. The summed E-state index contributed by atoms with van der Waals surface area (Å²) in [7, 11) is 1.52. The Bertz CT molecular complexity index is 870. The third-order valence-electron chi connectivity index (χ3n) is 4.28. The van der Waals surface area contributed by atoms with E-state index in [0.29, 0.717) is 22.0 Å². The molecule has 1 heterocycles. The largest absolute Gasteiger partial charge is 0.495 e. The lowest BCUT2D eigenvalue weighted by Gasteiger charge is -2.19. The number of methoxy groups -OCH3 is 1. The van der Waals surface area contributed by atoms with Crippen LogP contribution >= 0.6 is 11.6 Å². The van der Waals surface area contributed by atoms with E-state index in [2.05, 4.69) is 10.9 Å². The Hall–Kier alpha value is -3.06. The molecule has 7 nitrogen and oxygen atoms in total. The quantitative estimate of drug-likeness (QED) is 0.787. The van der Waals surface area contributed by atoms with E-state index < -0.39 is 17.7 Å². The fourth-order valence-electron chi connectivity index (χ4n) is 2.86. The average molecular weight is 388 g/mol. The zero-order valence-corrected chi connectivity index (χ0v) is 15.3. The van der Waals surface area contributed by atoms with Crippen molar-refractivity contribution in [1.29, 1.82) is 0 Å². The van der Waals surface area contributed by atoms with Crippen LogP contribution in [0, 0.1) is 5.92 Å². The van der Waals surface area contributed by atoms with Crippen molar-refractivity contribution in [2.24, 2.45) is 5.92 Å². The highest BCUT2D eigenvalue weighted by atomic mass is 35.5. The maximum Gasteiger partial charge on any atom is 0.269 e. The van der Waals surface area contributed by atoms with Crippen molar-refractivity contribution < 1.29 is 19.1 Å². The Kier molecular flexibility index (Phi) is 5.61. The van der Waals surface area contributed by atoms with E-state index in [1.807, 2.05) is 0 Å². The summed E-state index contributed by atoms with van der Waals surface area (Å²) in [6.45, 7) is 0.210. The van der Waals surface area contributed by atoms with Crippen LogP contribution in [0.2, 0.25) is 5.02 Å². The van der Waals surface area contributed by atoms with Crippen molar-refractivity contribution >= 4 is 35.0 Å². The fourth-order valence-corrected chi connectivity index (χ4v) is 2.99. The molecule has 1 atom stereocenters. The van der Waals surface area contributed by atoms with Crippen LogP contribution in [0.15, 0.2) is 48.5 Å². The molecule has 3 rings (SSSR count). The fraction of sp³-hybridized carbons (Fsp3) is 0.211. The number of halogens is 1. The predicted molar refractivity (Wildman–Crippen MR) is 101 cm³/mol. The van der Waals surface area contributed by atoms with Gasteiger partial charge in [0.05, 0.1) is 18.7 Å². The van der Waals surface area contributed by atoms with Crippen LogP contribution in [0.4, 0.5) is 5.69 Å². The number of benzene rings is 2. The third kappa shape index (κ3) is 4.20. The molecule has 0 saturated carbocycles. The number of anilines is 1. The van der Waals surface area contributed by atoms with Crippen molar-refractivity contribution in [3.63, 3.8) is 0 Å². The molecule has 0 spiro atoms. The van der Waals surface area contributed by atoms with Crippen LogP contribution in [0.25, 0.3) is 0 Å². The summed E-state index contributed by atoms with van der Waals surface area (Å²) < 4.78 is 5.28. The molecule has 1 saturated heterocycles. The number of nitrogens with zero attached hydrogens (tertiary/aromatic N) is 1.